The van der Waals surface area contributed by atoms with Gasteiger partial charge in [-0.1, -0.05) is 22.0 Å². The molecule has 0 aliphatic rings. The van der Waals surface area contributed by atoms with E-state index in [-0.39, 0.29) is 11.3 Å². The summed E-state index contributed by atoms with van der Waals surface area (Å²) >= 11 is 3.43. The first-order valence-corrected chi connectivity index (χ1v) is 7.93. The Kier molecular flexibility index (Phi) is 4.09. The van der Waals surface area contributed by atoms with Crippen molar-refractivity contribution in [3.63, 3.8) is 0 Å². The standard InChI is InChI=1S/C15H10BrN7O2/c16-9-3-1-4-10(7-9)18-12-13(20-15-14(19-12)22-25-23-15)21-17-8-11-5-2-6-24-11/h1-8H,(H,18,19,22)(H,20,21,23). The van der Waals surface area contributed by atoms with E-state index in [9.17, 15) is 0 Å². The van der Waals surface area contributed by atoms with Gasteiger partial charge in [-0.3, -0.25) is 5.43 Å². The van der Waals surface area contributed by atoms with E-state index in [0.29, 0.717) is 17.4 Å². The fraction of sp³-hybridized carbons (Fsp3) is 0. The molecule has 3 heterocycles. The minimum atomic E-state index is 0.274. The molecule has 0 saturated heterocycles. The van der Waals surface area contributed by atoms with Crippen molar-refractivity contribution in [2.24, 2.45) is 5.10 Å². The van der Waals surface area contributed by atoms with Crippen molar-refractivity contribution in [1.82, 2.24) is 20.3 Å². The van der Waals surface area contributed by atoms with Gasteiger partial charge in [0.15, 0.2) is 11.6 Å². The van der Waals surface area contributed by atoms with Crippen LogP contribution in [0.3, 0.4) is 0 Å². The molecule has 1 aromatic carbocycles. The summed E-state index contributed by atoms with van der Waals surface area (Å²) in [6.45, 7) is 0. The molecular weight excluding hydrogens is 390 g/mol. The molecule has 0 amide bonds. The molecule has 3 aromatic heterocycles. The minimum absolute atomic E-state index is 0.274. The highest BCUT2D eigenvalue weighted by Gasteiger charge is 2.12. The van der Waals surface area contributed by atoms with Crippen LogP contribution in [0, 0.1) is 0 Å². The van der Waals surface area contributed by atoms with Gasteiger partial charge in [-0.15, -0.1) is 0 Å². The van der Waals surface area contributed by atoms with Gasteiger partial charge in [0.25, 0.3) is 0 Å². The quantitative estimate of drug-likeness (QED) is 0.386. The number of halogens is 1. The smallest absolute Gasteiger partial charge is 0.245 e. The summed E-state index contributed by atoms with van der Waals surface area (Å²) in [5.74, 6) is 1.40. The predicted octanol–water partition coefficient (Wildman–Crippen LogP) is 3.56. The van der Waals surface area contributed by atoms with Crippen molar-refractivity contribution < 1.29 is 9.05 Å². The van der Waals surface area contributed by atoms with Gasteiger partial charge in [0, 0.05) is 10.2 Å². The molecule has 0 aliphatic heterocycles. The van der Waals surface area contributed by atoms with Crippen LogP contribution < -0.4 is 10.7 Å². The zero-order chi connectivity index (χ0) is 17.1. The Hall–Kier alpha value is -3.27. The van der Waals surface area contributed by atoms with Gasteiger partial charge in [0.05, 0.1) is 12.5 Å². The number of benzene rings is 1. The maximum Gasteiger partial charge on any atom is 0.245 e. The lowest BCUT2D eigenvalue weighted by Gasteiger charge is -2.09. The number of anilines is 3. The fourth-order valence-corrected chi connectivity index (χ4v) is 2.43. The van der Waals surface area contributed by atoms with Gasteiger partial charge < -0.3 is 9.73 Å². The van der Waals surface area contributed by atoms with Crippen molar-refractivity contribution in [3.05, 3.63) is 52.9 Å². The number of fused-ring (bicyclic) bond motifs is 1. The molecule has 0 radical (unpaired) electrons. The van der Waals surface area contributed by atoms with E-state index < -0.39 is 0 Å². The van der Waals surface area contributed by atoms with Crippen molar-refractivity contribution in [2.75, 3.05) is 10.7 Å². The topological polar surface area (TPSA) is 114 Å². The Morgan fingerprint density at radius 2 is 1.88 bits per heavy atom. The third kappa shape index (κ3) is 3.48. The highest BCUT2D eigenvalue weighted by molar-refractivity contribution is 9.10. The highest BCUT2D eigenvalue weighted by atomic mass is 79.9. The van der Waals surface area contributed by atoms with Crippen molar-refractivity contribution >= 4 is 50.8 Å². The number of hydrogen-bond donors (Lipinski definition) is 2. The lowest BCUT2D eigenvalue weighted by atomic mass is 10.3. The molecule has 0 fully saturated rings. The second kappa shape index (κ2) is 6.69. The van der Waals surface area contributed by atoms with E-state index in [1.807, 2.05) is 24.3 Å². The molecule has 10 heteroatoms. The average molecular weight is 400 g/mol. The van der Waals surface area contributed by atoms with E-state index in [1.54, 1.807) is 18.4 Å². The monoisotopic (exact) mass is 399 g/mol. The molecule has 4 aromatic rings. The zero-order valence-corrected chi connectivity index (χ0v) is 14.1. The first kappa shape index (κ1) is 15.3. The van der Waals surface area contributed by atoms with E-state index in [2.05, 4.69) is 56.7 Å². The molecule has 0 unspecified atom stereocenters. The molecule has 0 bridgehead atoms. The Labute approximate surface area is 149 Å². The number of aromatic nitrogens is 4. The third-order valence-corrected chi connectivity index (χ3v) is 3.60. The van der Waals surface area contributed by atoms with Crippen molar-refractivity contribution in [1.29, 1.82) is 0 Å². The van der Waals surface area contributed by atoms with Crippen LogP contribution in [0.2, 0.25) is 0 Å². The summed E-state index contributed by atoms with van der Waals surface area (Å²) in [6.07, 6.45) is 3.09. The molecule has 4 rings (SSSR count). The first-order valence-electron chi connectivity index (χ1n) is 7.13. The van der Waals surface area contributed by atoms with E-state index in [4.69, 9.17) is 4.42 Å². The van der Waals surface area contributed by atoms with Gasteiger partial charge in [-0.2, -0.15) is 10.1 Å². The Balaban J connectivity index is 1.65. The zero-order valence-electron chi connectivity index (χ0n) is 12.5. The minimum Gasteiger partial charge on any atom is -0.463 e. The van der Waals surface area contributed by atoms with E-state index in [0.717, 1.165) is 10.2 Å². The summed E-state index contributed by atoms with van der Waals surface area (Å²) in [7, 11) is 0. The van der Waals surface area contributed by atoms with Gasteiger partial charge >= 0.3 is 0 Å². The number of furan rings is 1. The number of nitrogens with one attached hydrogen (secondary N) is 2. The van der Waals surface area contributed by atoms with E-state index >= 15 is 0 Å². The molecule has 124 valence electrons. The Morgan fingerprint density at radius 1 is 1.04 bits per heavy atom. The molecule has 25 heavy (non-hydrogen) atoms. The van der Waals surface area contributed by atoms with Crippen molar-refractivity contribution in [3.8, 4) is 0 Å². The summed E-state index contributed by atoms with van der Waals surface area (Å²) in [5.41, 5.74) is 4.20. The number of nitrogens with zero attached hydrogens (tertiary/aromatic N) is 5. The van der Waals surface area contributed by atoms with Crippen LogP contribution in [-0.2, 0) is 0 Å². The van der Waals surface area contributed by atoms with Gasteiger partial charge in [-0.25, -0.2) is 9.61 Å². The fourth-order valence-electron chi connectivity index (χ4n) is 2.03. The molecule has 9 nitrogen and oxygen atoms in total. The van der Waals surface area contributed by atoms with Gasteiger partial charge in [0.2, 0.25) is 11.3 Å². The van der Waals surface area contributed by atoms with Gasteiger partial charge in [-0.05, 0) is 40.6 Å². The largest absolute Gasteiger partial charge is 0.463 e. The number of rotatable bonds is 5. The lowest BCUT2D eigenvalue weighted by Crippen LogP contribution is -2.03. The summed E-state index contributed by atoms with van der Waals surface area (Å²) in [5, 5.41) is 14.7. The summed E-state index contributed by atoms with van der Waals surface area (Å²) in [6, 6.07) is 11.2. The lowest BCUT2D eigenvalue weighted by molar-refractivity contribution is 0.314. The normalized spacial score (nSPS) is 11.2. The van der Waals surface area contributed by atoms with Crippen LogP contribution in [0.4, 0.5) is 17.3 Å². The third-order valence-electron chi connectivity index (χ3n) is 3.11. The summed E-state index contributed by atoms with van der Waals surface area (Å²) in [4.78, 5) is 8.67. The second-order valence-corrected chi connectivity index (χ2v) is 5.77. The first-order chi connectivity index (χ1) is 12.3. The van der Waals surface area contributed by atoms with E-state index in [1.165, 1.54) is 6.21 Å². The Bertz CT molecular complexity index is 1030. The molecule has 0 spiro atoms. The van der Waals surface area contributed by atoms with Crippen LogP contribution in [0.15, 0.2) is 61.3 Å². The number of hydrogen-bond acceptors (Lipinski definition) is 9. The van der Waals surface area contributed by atoms with Gasteiger partial charge in [0.1, 0.15) is 5.76 Å². The van der Waals surface area contributed by atoms with Crippen LogP contribution in [0.25, 0.3) is 11.3 Å². The average Bonchev–Trinajstić information content (AvgIpc) is 3.26. The molecular formula is C15H10BrN7O2. The maximum atomic E-state index is 5.18. The molecule has 0 saturated carbocycles. The molecule has 0 aliphatic carbocycles. The second-order valence-electron chi connectivity index (χ2n) is 4.85. The summed E-state index contributed by atoms with van der Waals surface area (Å²) < 4.78 is 10.8. The van der Waals surface area contributed by atoms with Crippen LogP contribution in [0.1, 0.15) is 5.76 Å². The Morgan fingerprint density at radius 3 is 2.64 bits per heavy atom. The highest BCUT2D eigenvalue weighted by Crippen LogP contribution is 2.25. The van der Waals surface area contributed by atoms with Crippen LogP contribution >= 0.6 is 15.9 Å². The molecule has 0 atom stereocenters. The number of hydrazone groups is 1. The van der Waals surface area contributed by atoms with Crippen LogP contribution in [-0.4, -0.2) is 26.5 Å². The maximum absolute atomic E-state index is 5.18. The van der Waals surface area contributed by atoms with Crippen molar-refractivity contribution in [2.45, 2.75) is 0 Å². The SMILES string of the molecule is Brc1cccc(Nc2nc3nonc3nc2NN=Cc2ccco2)c1. The predicted molar refractivity (Wildman–Crippen MR) is 94.7 cm³/mol. The van der Waals surface area contributed by atoms with Crippen LogP contribution in [0.5, 0.6) is 0 Å². The molecule has 2 N–H and O–H groups in total.